The highest BCUT2D eigenvalue weighted by Crippen LogP contribution is 2.48. The smallest absolute Gasteiger partial charge is 0.411 e. The first-order valence-electron chi connectivity index (χ1n) is 17.1. The number of methoxy groups -OCH3 is 1. The van der Waals surface area contributed by atoms with Crippen LogP contribution in [0.4, 0.5) is 16.2 Å². The van der Waals surface area contributed by atoms with Crippen molar-refractivity contribution in [2.45, 2.75) is 102 Å². The number of anilines is 2. The summed E-state index contributed by atoms with van der Waals surface area (Å²) in [5.41, 5.74) is 4.70. The number of piperidine rings is 1. The van der Waals surface area contributed by atoms with Gasteiger partial charge < -0.3 is 24.0 Å². The average molecular weight is 706 g/mol. The molecule has 11 heteroatoms. The lowest BCUT2D eigenvalue weighted by atomic mass is 9.99. The summed E-state index contributed by atoms with van der Waals surface area (Å²) in [4.78, 5) is 28.7. The molecule has 0 spiro atoms. The van der Waals surface area contributed by atoms with Gasteiger partial charge in [-0.1, -0.05) is 74.8 Å². The number of hydrogen-bond donors (Lipinski definition) is 2. The highest BCUT2D eigenvalue weighted by atomic mass is 35.5. The molecular formula is C38H48ClN3O6Si. The Hall–Kier alpha value is -3.41. The van der Waals surface area contributed by atoms with E-state index in [4.69, 9.17) is 30.2 Å². The second-order valence-corrected chi connectivity index (χ2v) is 20.2. The van der Waals surface area contributed by atoms with Crippen molar-refractivity contribution in [1.82, 2.24) is 4.90 Å². The zero-order chi connectivity index (χ0) is 35.1. The van der Waals surface area contributed by atoms with E-state index in [-0.39, 0.29) is 35.7 Å². The lowest BCUT2D eigenvalue weighted by Crippen LogP contribution is -2.48. The summed E-state index contributed by atoms with van der Waals surface area (Å²) in [6.07, 6.45) is 2.13. The quantitative estimate of drug-likeness (QED) is 0.153. The predicted molar refractivity (Wildman–Crippen MR) is 196 cm³/mol. The standard InChI is InChI=1S/C38H48ClN3O6Si/c1-38(2,3)49(6,7)46-22-25-18-28(39)30(21-33(25)45-5)40-34(43)16-14-23-13-15-27(24-11-9-8-10-12-24)29(17-23)41-37(44)47-26-19-31-35-36(48-35)32(20-26)42(31)4/h8-13,15,17-18,21,26,31-32,35-36H,14,16,19-20,22H2,1-7H3,(H,40,43)(H,41,44). The monoisotopic (exact) mass is 705 g/mol. The van der Waals surface area contributed by atoms with Crippen LogP contribution >= 0.6 is 11.6 Å². The summed E-state index contributed by atoms with van der Waals surface area (Å²) in [5.74, 6) is 0.421. The number of morpholine rings is 1. The Labute approximate surface area is 295 Å². The highest BCUT2D eigenvalue weighted by molar-refractivity contribution is 6.74. The molecule has 3 aliphatic rings. The first-order valence-corrected chi connectivity index (χ1v) is 20.4. The Kier molecular flexibility index (Phi) is 10.2. The Balaban J connectivity index is 1.10. The molecule has 4 unspecified atom stereocenters. The summed E-state index contributed by atoms with van der Waals surface area (Å²) in [6.45, 7) is 11.4. The Bertz CT molecular complexity index is 1680. The molecule has 0 aliphatic carbocycles. The fraction of sp³-hybridized carbons (Fsp3) is 0.474. The molecule has 2 N–H and O–H groups in total. The number of carbonyl (C=O) groups excluding carboxylic acids is 2. The molecule has 2 amide bonds. The van der Waals surface area contributed by atoms with Crippen LogP contribution in [0.15, 0.2) is 60.7 Å². The highest BCUT2D eigenvalue weighted by Gasteiger charge is 2.62. The van der Waals surface area contributed by atoms with Crippen molar-refractivity contribution in [3.8, 4) is 16.9 Å². The normalized spacial score (nSPS) is 23.1. The summed E-state index contributed by atoms with van der Waals surface area (Å²) in [6, 6.07) is 19.9. The van der Waals surface area contributed by atoms with Gasteiger partial charge in [0, 0.05) is 48.5 Å². The number of amides is 2. The largest absolute Gasteiger partial charge is 0.496 e. The molecule has 3 fully saturated rings. The lowest BCUT2D eigenvalue weighted by Gasteiger charge is -2.37. The number of benzene rings is 3. The number of halogens is 1. The maximum atomic E-state index is 13.2. The van der Waals surface area contributed by atoms with E-state index in [1.54, 1.807) is 19.2 Å². The van der Waals surface area contributed by atoms with Crippen LogP contribution in [0.5, 0.6) is 5.75 Å². The van der Waals surface area contributed by atoms with E-state index in [0.29, 0.717) is 47.3 Å². The van der Waals surface area contributed by atoms with Crippen LogP contribution in [-0.4, -0.2) is 69.8 Å². The molecule has 3 saturated heterocycles. The van der Waals surface area contributed by atoms with Gasteiger partial charge in [-0.15, -0.1) is 0 Å². The molecule has 0 radical (unpaired) electrons. The van der Waals surface area contributed by atoms with Gasteiger partial charge in [-0.05, 0) is 54.9 Å². The van der Waals surface area contributed by atoms with Crippen molar-refractivity contribution >= 4 is 43.3 Å². The number of aryl methyl sites for hydroxylation is 1. The summed E-state index contributed by atoms with van der Waals surface area (Å²) in [7, 11) is 1.75. The number of nitrogens with one attached hydrogen (secondary N) is 2. The molecule has 9 nitrogen and oxygen atoms in total. The number of likely N-dealkylation sites (N-methyl/N-ethyl adjacent to an activating group) is 1. The summed E-state index contributed by atoms with van der Waals surface area (Å²) < 4.78 is 23.8. The number of rotatable bonds is 11. The van der Waals surface area contributed by atoms with E-state index in [1.807, 2.05) is 48.5 Å². The fourth-order valence-corrected chi connectivity index (χ4v) is 7.93. The molecule has 3 aliphatic heterocycles. The zero-order valence-corrected chi connectivity index (χ0v) is 31.2. The molecule has 3 aromatic carbocycles. The second-order valence-electron chi connectivity index (χ2n) is 15.0. The van der Waals surface area contributed by atoms with Crippen LogP contribution in [0.1, 0.15) is 51.2 Å². The zero-order valence-electron chi connectivity index (χ0n) is 29.5. The minimum Gasteiger partial charge on any atom is -0.496 e. The Morgan fingerprint density at radius 3 is 2.33 bits per heavy atom. The van der Waals surface area contributed by atoms with E-state index in [9.17, 15) is 9.59 Å². The Morgan fingerprint density at radius 2 is 1.67 bits per heavy atom. The van der Waals surface area contributed by atoms with Gasteiger partial charge in [0.25, 0.3) is 0 Å². The topological polar surface area (TPSA) is 102 Å². The minimum absolute atomic E-state index is 0.0720. The lowest BCUT2D eigenvalue weighted by molar-refractivity contribution is -0.116. The third-order valence-electron chi connectivity index (χ3n) is 10.7. The van der Waals surface area contributed by atoms with E-state index in [1.165, 1.54) is 0 Å². The van der Waals surface area contributed by atoms with Gasteiger partial charge >= 0.3 is 6.09 Å². The van der Waals surface area contributed by atoms with Crippen LogP contribution in [-0.2, 0) is 31.7 Å². The van der Waals surface area contributed by atoms with Crippen LogP contribution < -0.4 is 15.4 Å². The first-order chi connectivity index (χ1) is 23.2. The number of fused-ring (bicyclic) bond motifs is 5. The van der Waals surface area contributed by atoms with Crippen LogP contribution in [0.25, 0.3) is 11.1 Å². The number of carbonyl (C=O) groups is 2. The number of ether oxygens (including phenoxy) is 3. The van der Waals surface area contributed by atoms with Gasteiger partial charge in [0.2, 0.25) is 5.91 Å². The molecule has 3 aromatic rings. The second kappa shape index (κ2) is 14.1. The molecule has 2 bridgehead atoms. The number of nitrogens with zero attached hydrogens (tertiary/aromatic N) is 1. The molecule has 0 saturated carbocycles. The van der Waals surface area contributed by atoms with E-state index < -0.39 is 14.4 Å². The minimum atomic E-state index is -1.98. The summed E-state index contributed by atoms with van der Waals surface area (Å²) >= 11 is 6.63. The van der Waals surface area contributed by atoms with Crippen molar-refractivity contribution in [2.24, 2.45) is 0 Å². The molecule has 6 rings (SSSR count). The third-order valence-corrected chi connectivity index (χ3v) is 15.5. The van der Waals surface area contributed by atoms with Crippen molar-refractivity contribution in [1.29, 1.82) is 0 Å². The fourth-order valence-electron chi connectivity index (χ4n) is 6.75. The van der Waals surface area contributed by atoms with E-state index >= 15 is 0 Å². The van der Waals surface area contributed by atoms with Crippen molar-refractivity contribution in [2.75, 3.05) is 24.8 Å². The predicted octanol–water partition coefficient (Wildman–Crippen LogP) is 8.27. The maximum Gasteiger partial charge on any atom is 0.411 e. The van der Waals surface area contributed by atoms with Crippen molar-refractivity contribution in [3.05, 3.63) is 76.8 Å². The van der Waals surface area contributed by atoms with Gasteiger partial charge in [0.05, 0.1) is 30.1 Å². The summed E-state index contributed by atoms with van der Waals surface area (Å²) in [5, 5.41) is 6.45. The van der Waals surface area contributed by atoms with Gasteiger partial charge in [0.15, 0.2) is 8.32 Å². The van der Waals surface area contributed by atoms with E-state index in [0.717, 1.165) is 35.1 Å². The van der Waals surface area contributed by atoms with Crippen molar-refractivity contribution < 1.29 is 28.2 Å². The van der Waals surface area contributed by atoms with Gasteiger partial charge in [-0.2, -0.15) is 0 Å². The third kappa shape index (κ3) is 7.84. The first kappa shape index (κ1) is 35.4. The maximum absolute atomic E-state index is 13.2. The SMILES string of the molecule is COc1cc(NC(=O)CCc2ccc(-c3ccccc3)c(NC(=O)OC3CC4C5OC5C(C3)N4C)c2)c(Cl)cc1CO[Si](C)(C)C(C)(C)C. The molecule has 49 heavy (non-hydrogen) atoms. The number of epoxide rings is 1. The molecule has 0 aromatic heterocycles. The molecular weight excluding hydrogens is 658 g/mol. The van der Waals surface area contributed by atoms with Crippen molar-refractivity contribution in [3.63, 3.8) is 0 Å². The molecule has 4 atom stereocenters. The Morgan fingerprint density at radius 1 is 0.980 bits per heavy atom. The van der Waals surface area contributed by atoms with Gasteiger partial charge in [-0.3, -0.25) is 15.0 Å². The number of hydrogen-bond acceptors (Lipinski definition) is 7. The molecule has 3 heterocycles. The van der Waals surface area contributed by atoms with Crippen LogP contribution in [0.3, 0.4) is 0 Å². The van der Waals surface area contributed by atoms with E-state index in [2.05, 4.69) is 56.4 Å². The molecule has 262 valence electrons. The average Bonchev–Trinajstić information content (AvgIpc) is 3.82. The van der Waals surface area contributed by atoms with Gasteiger partial charge in [-0.25, -0.2) is 4.79 Å². The van der Waals surface area contributed by atoms with Gasteiger partial charge in [0.1, 0.15) is 24.1 Å². The van der Waals surface area contributed by atoms with Crippen LogP contribution in [0.2, 0.25) is 23.2 Å². The van der Waals surface area contributed by atoms with Crippen LogP contribution in [0, 0.1) is 0 Å².